The Morgan fingerprint density at radius 1 is 0.815 bits per heavy atom. The second-order valence-electron chi connectivity index (χ2n) is 5.91. The van der Waals surface area contributed by atoms with Crippen LogP contribution in [0, 0.1) is 5.82 Å². The van der Waals surface area contributed by atoms with Gasteiger partial charge in [-0.05, 0) is 30.3 Å². The lowest BCUT2D eigenvalue weighted by molar-refractivity contribution is 0.444. The monoisotopic (exact) mass is 414 g/mol. The lowest BCUT2D eigenvalue weighted by Crippen LogP contribution is -2.30. The van der Waals surface area contributed by atoms with Gasteiger partial charge in [-0.1, -0.05) is 32.0 Å². The molecule has 0 aromatic heterocycles. The van der Waals surface area contributed by atoms with E-state index in [1.807, 2.05) is 0 Å². The Kier molecular flexibility index (Phi) is 6.74. The molecule has 2 rings (SSSR count). The third kappa shape index (κ3) is 4.55. The first-order valence-electron chi connectivity index (χ1n) is 8.44. The number of hydrogen-bond acceptors (Lipinski definition) is 4. The molecule has 0 amide bonds. The first kappa shape index (κ1) is 21.5. The Morgan fingerprint density at radius 3 is 1.78 bits per heavy atom. The van der Waals surface area contributed by atoms with Crippen molar-refractivity contribution in [1.29, 1.82) is 0 Å². The molecule has 2 aromatic rings. The maximum absolute atomic E-state index is 13.8. The molecule has 0 heterocycles. The van der Waals surface area contributed by atoms with Crippen molar-refractivity contribution in [2.45, 2.75) is 30.2 Å². The fraction of sp³-hybridized carbons (Fsp3) is 0.333. The molecule has 6 nitrogen and oxygen atoms in total. The zero-order chi connectivity index (χ0) is 20.2. The minimum atomic E-state index is -3.89. The Morgan fingerprint density at radius 2 is 1.30 bits per heavy atom. The van der Waals surface area contributed by atoms with E-state index in [2.05, 4.69) is 0 Å². The second-order valence-corrected chi connectivity index (χ2v) is 9.90. The summed E-state index contributed by atoms with van der Waals surface area (Å²) in [6.07, 6.45) is 0. The van der Waals surface area contributed by atoms with Gasteiger partial charge in [0.15, 0.2) is 0 Å². The van der Waals surface area contributed by atoms with Crippen LogP contribution >= 0.6 is 0 Å². The molecule has 0 atom stereocenters. The van der Waals surface area contributed by atoms with Crippen molar-refractivity contribution >= 4 is 20.0 Å². The molecule has 148 valence electrons. The minimum absolute atomic E-state index is 0.0295. The van der Waals surface area contributed by atoms with E-state index in [9.17, 15) is 21.2 Å². The van der Waals surface area contributed by atoms with Gasteiger partial charge in [0.1, 0.15) is 5.82 Å². The summed E-state index contributed by atoms with van der Waals surface area (Å²) in [4.78, 5) is -0.0262. The Labute approximate surface area is 160 Å². The molecule has 0 unspecified atom stereocenters. The largest absolute Gasteiger partial charge is 0.243 e. The standard InChI is InChI=1S/C18H23FN2O4S2/c1-4-21(5-2)27(24,25)17-12-10-16(11-13-17)26(22,23)20(3)14-15-8-6-7-9-18(15)19/h6-13H,4-5,14H2,1-3H3. The van der Waals surface area contributed by atoms with Crippen molar-refractivity contribution in [3.8, 4) is 0 Å². The van der Waals surface area contributed by atoms with E-state index in [-0.39, 0.29) is 21.9 Å². The highest BCUT2D eigenvalue weighted by Gasteiger charge is 2.25. The van der Waals surface area contributed by atoms with Crippen LogP contribution in [0.2, 0.25) is 0 Å². The molecule has 9 heteroatoms. The number of halogens is 1. The Bertz CT molecular complexity index is 986. The van der Waals surface area contributed by atoms with Crippen LogP contribution in [0.1, 0.15) is 19.4 Å². The van der Waals surface area contributed by atoms with Crippen molar-refractivity contribution in [3.63, 3.8) is 0 Å². The third-order valence-electron chi connectivity index (χ3n) is 4.23. The Hall–Kier alpha value is -1.81. The zero-order valence-electron chi connectivity index (χ0n) is 15.5. The molecule has 0 aliphatic heterocycles. The molecular formula is C18H23FN2O4S2. The number of benzene rings is 2. The van der Waals surface area contributed by atoms with Crippen LogP contribution in [-0.4, -0.2) is 45.6 Å². The molecular weight excluding hydrogens is 391 g/mol. The van der Waals surface area contributed by atoms with Gasteiger partial charge in [-0.15, -0.1) is 0 Å². The van der Waals surface area contributed by atoms with Crippen molar-refractivity contribution in [1.82, 2.24) is 8.61 Å². The third-order valence-corrected chi connectivity index (χ3v) is 8.11. The molecule has 2 aromatic carbocycles. The van der Waals surface area contributed by atoms with E-state index < -0.39 is 25.9 Å². The SMILES string of the molecule is CCN(CC)S(=O)(=O)c1ccc(S(=O)(=O)N(C)Cc2ccccc2F)cc1. The van der Waals surface area contributed by atoms with Crippen LogP contribution in [0.5, 0.6) is 0 Å². The molecule has 0 fully saturated rings. The maximum Gasteiger partial charge on any atom is 0.243 e. The van der Waals surface area contributed by atoms with Crippen molar-refractivity contribution in [2.75, 3.05) is 20.1 Å². The zero-order valence-corrected chi connectivity index (χ0v) is 17.1. The summed E-state index contributed by atoms with van der Waals surface area (Å²) < 4.78 is 66.5. The maximum atomic E-state index is 13.8. The van der Waals surface area contributed by atoms with E-state index in [1.165, 1.54) is 53.8 Å². The van der Waals surface area contributed by atoms with Crippen LogP contribution in [0.25, 0.3) is 0 Å². The highest BCUT2D eigenvalue weighted by Crippen LogP contribution is 2.21. The van der Waals surface area contributed by atoms with Crippen molar-refractivity contribution < 1.29 is 21.2 Å². The molecule has 0 spiro atoms. The predicted octanol–water partition coefficient (Wildman–Crippen LogP) is 2.68. The number of rotatable bonds is 8. The average Bonchev–Trinajstić information content (AvgIpc) is 2.64. The smallest absolute Gasteiger partial charge is 0.207 e. The topological polar surface area (TPSA) is 74.8 Å². The van der Waals surface area contributed by atoms with Gasteiger partial charge in [0.25, 0.3) is 0 Å². The van der Waals surface area contributed by atoms with Crippen LogP contribution in [0.15, 0.2) is 58.3 Å². The van der Waals surface area contributed by atoms with Crippen molar-refractivity contribution in [3.05, 3.63) is 59.9 Å². The van der Waals surface area contributed by atoms with Crippen molar-refractivity contribution in [2.24, 2.45) is 0 Å². The van der Waals surface area contributed by atoms with Gasteiger partial charge in [-0.2, -0.15) is 8.61 Å². The summed E-state index contributed by atoms with van der Waals surface area (Å²) in [5.41, 5.74) is 0.254. The van der Waals surface area contributed by atoms with E-state index in [0.717, 1.165) is 4.31 Å². The average molecular weight is 415 g/mol. The lowest BCUT2D eigenvalue weighted by Gasteiger charge is -2.20. The summed E-state index contributed by atoms with van der Waals surface area (Å²) in [5.74, 6) is -0.486. The second kappa shape index (κ2) is 8.47. The number of sulfonamides is 2. The quantitative estimate of drug-likeness (QED) is 0.666. The van der Waals surface area contributed by atoms with Gasteiger partial charge in [-0.3, -0.25) is 0 Å². The Balaban J connectivity index is 2.28. The summed E-state index contributed by atoms with van der Waals surface area (Å²) in [6.45, 7) is 3.98. The van der Waals surface area contributed by atoms with E-state index >= 15 is 0 Å². The summed E-state index contributed by atoms with van der Waals surface area (Å²) in [7, 11) is -6.20. The molecule has 0 bridgehead atoms. The fourth-order valence-electron chi connectivity index (χ4n) is 2.63. The molecule has 0 saturated heterocycles. The molecule has 27 heavy (non-hydrogen) atoms. The fourth-order valence-corrected chi connectivity index (χ4v) is 5.23. The van der Waals surface area contributed by atoms with Gasteiger partial charge in [0, 0.05) is 32.2 Å². The highest BCUT2D eigenvalue weighted by molar-refractivity contribution is 7.89. The van der Waals surface area contributed by atoms with E-state index in [0.29, 0.717) is 13.1 Å². The predicted molar refractivity (Wildman–Crippen MR) is 102 cm³/mol. The molecule has 0 radical (unpaired) electrons. The van der Waals surface area contributed by atoms with Crippen LogP contribution in [0.4, 0.5) is 4.39 Å². The molecule has 0 aliphatic carbocycles. The van der Waals surface area contributed by atoms with Crippen LogP contribution in [0.3, 0.4) is 0 Å². The highest BCUT2D eigenvalue weighted by atomic mass is 32.2. The van der Waals surface area contributed by atoms with Crippen LogP contribution in [-0.2, 0) is 26.6 Å². The van der Waals surface area contributed by atoms with Gasteiger partial charge in [0.05, 0.1) is 9.79 Å². The summed E-state index contributed by atoms with van der Waals surface area (Å²) in [5, 5.41) is 0. The molecule has 0 saturated carbocycles. The number of hydrogen-bond donors (Lipinski definition) is 0. The number of nitrogens with zero attached hydrogens (tertiary/aromatic N) is 2. The summed E-state index contributed by atoms with van der Waals surface area (Å²) in [6, 6.07) is 11.0. The van der Waals surface area contributed by atoms with Gasteiger partial charge in [0.2, 0.25) is 20.0 Å². The van der Waals surface area contributed by atoms with Gasteiger partial charge in [-0.25, -0.2) is 21.2 Å². The molecule has 0 N–H and O–H groups in total. The first-order chi connectivity index (χ1) is 12.6. The normalized spacial score (nSPS) is 12.7. The first-order valence-corrected chi connectivity index (χ1v) is 11.3. The van der Waals surface area contributed by atoms with Gasteiger partial charge < -0.3 is 0 Å². The van der Waals surface area contributed by atoms with E-state index in [1.54, 1.807) is 19.9 Å². The summed E-state index contributed by atoms with van der Waals surface area (Å²) >= 11 is 0. The minimum Gasteiger partial charge on any atom is -0.207 e. The van der Waals surface area contributed by atoms with E-state index in [4.69, 9.17) is 0 Å². The van der Waals surface area contributed by atoms with Gasteiger partial charge >= 0.3 is 0 Å². The lowest BCUT2D eigenvalue weighted by atomic mass is 10.2. The molecule has 0 aliphatic rings. The van der Waals surface area contributed by atoms with Crippen LogP contribution < -0.4 is 0 Å².